The maximum absolute atomic E-state index is 12.3. The first-order chi connectivity index (χ1) is 10.5. The maximum atomic E-state index is 12.3. The van der Waals surface area contributed by atoms with Crippen LogP contribution in [0.4, 0.5) is 0 Å². The normalized spacial score (nSPS) is 27.0. The number of benzene rings is 1. The molecule has 23 heavy (non-hydrogen) atoms. The zero-order chi connectivity index (χ0) is 15.7. The van der Waals surface area contributed by atoms with E-state index in [9.17, 15) is 4.79 Å². The molecule has 3 unspecified atom stereocenters. The number of halogens is 3. The van der Waals surface area contributed by atoms with Gasteiger partial charge in [0.2, 0.25) is 0 Å². The first-order valence-electron chi connectivity index (χ1n) is 7.70. The fourth-order valence-corrected chi connectivity index (χ4v) is 3.65. The summed E-state index contributed by atoms with van der Waals surface area (Å²) in [6, 6.07) is 6.46. The van der Waals surface area contributed by atoms with Crippen LogP contribution in [-0.2, 0) is 4.79 Å². The van der Waals surface area contributed by atoms with E-state index in [1.807, 2.05) is 0 Å². The Bertz CT molecular complexity index is 558. The van der Waals surface area contributed by atoms with Gasteiger partial charge >= 0.3 is 0 Å². The first kappa shape index (κ1) is 18.7. The Morgan fingerprint density at radius 2 is 1.96 bits per heavy atom. The highest BCUT2D eigenvalue weighted by molar-refractivity contribution is 6.42. The molecule has 2 fully saturated rings. The number of nitrogens with one attached hydrogen (secondary N) is 2. The van der Waals surface area contributed by atoms with Crippen LogP contribution in [0.2, 0.25) is 10.0 Å². The molecule has 2 heterocycles. The van der Waals surface area contributed by atoms with Crippen LogP contribution < -0.4 is 15.4 Å². The minimum Gasteiger partial charge on any atom is -0.479 e. The second-order valence-electron chi connectivity index (χ2n) is 6.13. The Labute approximate surface area is 152 Å². The summed E-state index contributed by atoms with van der Waals surface area (Å²) in [5, 5.41) is 7.41. The third-order valence-corrected chi connectivity index (χ3v) is 5.21. The third kappa shape index (κ3) is 4.44. The first-order valence-corrected chi connectivity index (χ1v) is 8.45. The SMILES string of the molecule is CC(Oc1cccc(Cl)c1Cl)C(=O)NC1CC2CCC(C1)N2.Cl. The fourth-order valence-electron chi connectivity index (χ4n) is 3.31. The van der Waals surface area contributed by atoms with Crippen LogP contribution in [0.25, 0.3) is 0 Å². The lowest BCUT2D eigenvalue weighted by molar-refractivity contribution is -0.128. The van der Waals surface area contributed by atoms with Gasteiger partial charge in [-0.3, -0.25) is 4.79 Å². The van der Waals surface area contributed by atoms with Crippen LogP contribution in [0.15, 0.2) is 18.2 Å². The Morgan fingerprint density at radius 3 is 2.61 bits per heavy atom. The van der Waals surface area contributed by atoms with Gasteiger partial charge in [0.05, 0.1) is 5.02 Å². The summed E-state index contributed by atoms with van der Waals surface area (Å²) >= 11 is 12.0. The summed E-state index contributed by atoms with van der Waals surface area (Å²) in [4.78, 5) is 12.3. The van der Waals surface area contributed by atoms with E-state index in [2.05, 4.69) is 10.6 Å². The van der Waals surface area contributed by atoms with Crippen molar-refractivity contribution in [2.24, 2.45) is 0 Å². The highest BCUT2D eigenvalue weighted by Crippen LogP contribution is 2.32. The molecule has 128 valence electrons. The topological polar surface area (TPSA) is 50.4 Å². The Morgan fingerprint density at radius 1 is 1.30 bits per heavy atom. The summed E-state index contributed by atoms with van der Waals surface area (Å²) in [5.74, 6) is 0.324. The van der Waals surface area contributed by atoms with E-state index >= 15 is 0 Å². The molecule has 4 nitrogen and oxygen atoms in total. The number of amides is 1. The molecule has 0 aromatic heterocycles. The molecule has 2 N–H and O–H groups in total. The zero-order valence-electron chi connectivity index (χ0n) is 12.9. The predicted octanol–water partition coefficient (Wildman–Crippen LogP) is 3.58. The van der Waals surface area contributed by atoms with Crippen molar-refractivity contribution in [2.45, 2.75) is 56.8 Å². The maximum Gasteiger partial charge on any atom is 0.260 e. The molecule has 0 aliphatic carbocycles. The largest absolute Gasteiger partial charge is 0.479 e. The summed E-state index contributed by atoms with van der Waals surface area (Å²) in [7, 11) is 0. The van der Waals surface area contributed by atoms with Gasteiger partial charge in [-0.15, -0.1) is 12.4 Å². The van der Waals surface area contributed by atoms with Crippen LogP contribution in [0.3, 0.4) is 0 Å². The number of carbonyl (C=O) groups is 1. The number of rotatable bonds is 4. The Kier molecular flexibility index (Phi) is 6.43. The third-order valence-electron chi connectivity index (χ3n) is 4.41. The molecular formula is C16H21Cl3N2O2. The molecule has 3 rings (SSSR count). The van der Waals surface area contributed by atoms with Crippen molar-refractivity contribution in [3.63, 3.8) is 0 Å². The zero-order valence-corrected chi connectivity index (χ0v) is 15.2. The molecule has 7 heteroatoms. The van der Waals surface area contributed by atoms with E-state index in [-0.39, 0.29) is 24.4 Å². The molecule has 0 radical (unpaired) electrons. The molecule has 2 bridgehead atoms. The van der Waals surface area contributed by atoms with Crippen molar-refractivity contribution in [1.29, 1.82) is 0 Å². The number of hydrogen-bond acceptors (Lipinski definition) is 3. The molecule has 0 saturated carbocycles. The number of hydrogen-bond donors (Lipinski definition) is 2. The van der Waals surface area contributed by atoms with Gasteiger partial charge in [0.1, 0.15) is 10.8 Å². The number of piperidine rings is 1. The van der Waals surface area contributed by atoms with Crippen LogP contribution in [-0.4, -0.2) is 30.1 Å². The van der Waals surface area contributed by atoms with Gasteiger partial charge in [0.25, 0.3) is 5.91 Å². The van der Waals surface area contributed by atoms with Crippen molar-refractivity contribution < 1.29 is 9.53 Å². The average Bonchev–Trinajstić information content (AvgIpc) is 2.82. The standard InChI is InChI=1S/C16H20Cl2N2O2.ClH/c1-9(22-14-4-2-3-13(17)15(14)18)16(21)20-12-7-10-5-6-11(8-12)19-10;/h2-4,9-12,19H,5-8H2,1H3,(H,20,21);1H. The van der Waals surface area contributed by atoms with Gasteiger partial charge in [-0.25, -0.2) is 0 Å². The summed E-state index contributed by atoms with van der Waals surface area (Å²) < 4.78 is 5.65. The summed E-state index contributed by atoms with van der Waals surface area (Å²) in [6.45, 7) is 1.72. The second-order valence-corrected chi connectivity index (χ2v) is 6.91. The molecule has 2 aliphatic rings. The van der Waals surface area contributed by atoms with Crippen molar-refractivity contribution in [3.8, 4) is 5.75 Å². The summed E-state index contributed by atoms with van der Waals surface area (Å²) in [6.07, 6.45) is 3.80. The van der Waals surface area contributed by atoms with E-state index in [1.165, 1.54) is 12.8 Å². The molecule has 1 aromatic rings. The summed E-state index contributed by atoms with van der Waals surface area (Å²) in [5.41, 5.74) is 0. The minimum atomic E-state index is -0.608. The molecule has 1 amide bonds. The van der Waals surface area contributed by atoms with Crippen molar-refractivity contribution >= 4 is 41.5 Å². The Hall–Kier alpha value is -0.680. The van der Waals surface area contributed by atoms with E-state index in [0.717, 1.165) is 12.8 Å². The lowest BCUT2D eigenvalue weighted by Crippen LogP contribution is -2.50. The van der Waals surface area contributed by atoms with Crippen LogP contribution in [0, 0.1) is 0 Å². The monoisotopic (exact) mass is 378 g/mol. The predicted molar refractivity (Wildman–Crippen MR) is 94.9 cm³/mol. The fraction of sp³-hybridized carbons (Fsp3) is 0.562. The van der Waals surface area contributed by atoms with Crippen molar-refractivity contribution in [1.82, 2.24) is 10.6 Å². The van der Waals surface area contributed by atoms with Crippen LogP contribution in [0.1, 0.15) is 32.6 Å². The van der Waals surface area contributed by atoms with Gasteiger partial charge in [-0.05, 0) is 44.7 Å². The van der Waals surface area contributed by atoms with Gasteiger partial charge in [-0.2, -0.15) is 0 Å². The van der Waals surface area contributed by atoms with Crippen LogP contribution >= 0.6 is 35.6 Å². The number of fused-ring (bicyclic) bond motifs is 2. The second kappa shape index (κ2) is 7.93. The van der Waals surface area contributed by atoms with Crippen LogP contribution in [0.5, 0.6) is 5.75 Å². The van der Waals surface area contributed by atoms with E-state index in [0.29, 0.717) is 27.9 Å². The number of carbonyl (C=O) groups excluding carboxylic acids is 1. The number of ether oxygens (including phenoxy) is 1. The van der Waals surface area contributed by atoms with E-state index in [4.69, 9.17) is 27.9 Å². The molecule has 1 aromatic carbocycles. The molecule has 2 saturated heterocycles. The molecule has 3 atom stereocenters. The highest BCUT2D eigenvalue weighted by atomic mass is 35.5. The van der Waals surface area contributed by atoms with Gasteiger partial charge < -0.3 is 15.4 Å². The van der Waals surface area contributed by atoms with E-state index in [1.54, 1.807) is 25.1 Å². The Balaban J connectivity index is 0.00000192. The van der Waals surface area contributed by atoms with Gasteiger partial charge in [0, 0.05) is 18.1 Å². The average molecular weight is 380 g/mol. The molecule has 2 aliphatic heterocycles. The lowest BCUT2D eigenvalue weighted by atomic mass is 9.99. The molecule has 0 spiro atoms. The lowest BCUT2D eigenvalue weighted by Gasteiger charge is -2.30. The minimum absolute atomic E-state index is 0. The van der Waals surface area contributed by atoms with Crippen molar-refractivity contribution in [3.05, 3.63) is 28.2 Å². The van der Waals surface area contributed by atoms with Gasteiger partial charge in [-0.1, -0.05) is 29.3 Å². The van der Waals surface area contributed by atoms with E-state index < -0.39 is 6.10 Å². The van der Waals surface area contributed by atoms with Crippen molar-refractivity contribution in [2.75, 3.05) is 0 Å². The quantitative estimate of drug-likeness (QED) is 0.840. The van der Waals surface area contributed by atoms with Gasteiger partial charge in [0.15, 0.2) is 6.10 Å². The molecular weight excluding hydrogens is 359 g/mol. The smallest absolute Gasteiger partial charge is 0.260 e. The highest BCUT2D eigenvalue weighted by Gasteiger charge is 2.34.